The zero-order valence-electron chi connectivity index (χ0n) is 18.4. The SMILES string of the molecule is CC1(C(=O)O)CC2=CC(=O)CC[C@]2(C)[C@H]2C(=O)C[C@@]3(C)[C@@H](CC[C@]3(O)CCC(=O)O)[C@@H]21. The van der Waals surface area contributed by atoms with Crippen LogP contribution in [0.4, 0.5) is 0 Å². The van der Waals surface area contributed by atoms with E-state index in [0.717, 1.165) is 5.57 Å². The molecular formula is C24H32O7. The number of hydrogen-bond donors (Lipinski definition) is 3. The van der Waals surface area contributed by atoms with E-state index in [4.69, 9.17) is 5.11 Å². The van der Waals surface area contributed by atoms with Crippen molar-refractivity contribution in [3.8, 4) is 0 Å². The summed E-state index contributed by atoms with van der Waals surface area (Å²) in [5.41, 5.74) is -3.18. The van der Waals surface area contributed by atoms with Gasteiger partial charge in [0, 0.05) is 30.6 Å². The summed E-state index contributed by atoms with van der Waals surface area (Å²) in [6.45, 7) is 5.53. The first-order valence-electron chi connectivity index (χ1n) is 11.2. The Bertz CT molecular complexity index is 906. The summed E-state index contributed by atoms with van der Waals surface area (Å²) in [7, 11) is 0. The molecule has 170 valence electrons. The molecule has 3 N–H and O–H groups in total. The van der Waals surface area contributed by atoms with Gasteiger partial charge >= 0.3 is 11.9 Å². The number of carbonyl (C=O) groups is 4. The third-order valence-corrected chi connectivity index (χ3v) is 9.61. The van der Waals surface area contributed by atoms with Crippen LogP contribution in [0.1, 0.15) is 72.1 Å². The van der Waals surface area contributed by atoms with Crippen molar-refractivity contribution in [2.45, 2.75) is 77.7 Å². The Morgan fingerprint density at radius 1 is 1.10 bits per heavy atom. The molecule has 4 rings (SSSR count). The predicted molar refractivity (Wildman–Crippen MR) is 110 cm³/mol. The number of ketones is 2. The highest BCUT2D eigenvalue weighted by Crippen LogP contribution is 2.70. The molecule has 3 fully saturated rings. The van der Waals surface area contributed by atoms with Crippen molar-refractivity contribution in [1.29, 1.82) is 0 Å². The molecule has 1 unspecified atom stereocenters. The second-order valence-electron chi connectivity index (χ2n) is 11.1. The lowest BCUT2D eigenvalue weighted by Crippen LogP contribution is -2.64. The fourth-order valence-electron chi connectivity index (χ4n) is 7.72. The van der Waals surface area contributed by atoms with Crippen molar-refractivity contribution < 1.29 is 34.5 Å². The van der Waals surface area contributed by atoms with Crippen molar-refractivity contribution in [2.24, 2.45) is 34.0 Å². The first-order valence-corrected chi connectivity index (χ1v) is 11.2. The third kappa shape index (κ3) is 2.88. The van der Waals surface area contributed by atoms with Crippen LogP contribution in [-0.2, 0) is 19.2 Å². The second-order valence-corrected chi connectivity index (χ2v) is 11.1. The van der Waals surface area contributed by atoms with Crippen molar-refractivity contribution >= 4 is 23.5 Å². The van der Waals surface area contributed by atoms with E-state index < -0.39 is 45.6 Å². The minimum absolute atomic E-state index is 0.0179. The molecule has 0 spiro atoms. The normalized spacial score (nSPS) is 46.6. The monoisotopic (exact) mass is 432 g/mol. The van der Waals surface area contributed by atoms with Crippen LogP contribution in [0.5, 0.6) is 0 Å². The van der Waals surface area contributed by atoms with Gasteiger partial charge in [-0.05, 0) is 62.4 Å². The van der Waals surface area contributed by atoms with E-state index in [-0.39, 0.29) is 43.2 Å². The molecule has 0 bridgehead atoms. The number of aliphatic hydroxyl groups is 1. The van der Waals surface area contributed by atoms with Crippen molar-refractivity contribution in [3.05, 3.63) is 11.6 Å². The Kier molecular flexibility index (Phi) is 4.82. The number of fused-ring (bicyclic) bond motifs is 5. The summed E-state index contributed by atoms with van der Waals surface area (Å²) < 4.78 is 0. The standard InChI is InChI=1S/C24H32O7/c1-21-7-4-14(25)10-13(21)11-22(2,20(29)30)18-15-5-8-24(31,9-6-17(27)28)23(15,3)12-16(26)19(18)21/h10,15,18-19,31H,4-9,11-12H2,1-3H3,(H,27,28)(H,29,30)/t15-,18-,19-,21-,22?,23-,24-/m0/s1. The van der Waals surface area contributed by atoms with E-state index in [1.165, 1.54) is 0 Å². The highest BCUT2D eigenvalue weighted by atomic mass is 16.4. The van der Waals surface area contributed by atoms with Gasteiger partial charge in [-0.3, -0.25) is 19.2 Å². The number of allylic oxidation sites excluding steroid dienone is 1. The molecule has 31 heavy (non-hydrogen) atoms. The fraction of sp³-hybridized carbons (Fsp3) is 0.750. The van der Waals surface area contributed by atoms with Gasteiger partial charge < -0.3 is 15.3 Å². The molecular weight excluding hydrogens is 400 g/mol. The Morgan fingerprint density at radius 2 is 1.77 bits per heavy atom. The van der Waals surface area contributed by atoms with Crippen LogP contribution in [0.3, 0.4) is 0 Å². The number of aliphatic carboxylic acids is 2. The van der Waals surface area contributed by atoms with Crippen LogP contribution in [0, 0.1) is 34.0 Å². The number of Topliss-reactive ketones (excluding diaryl/α,β-unsaturated/α-hetero) is 1. The molecule has 0 radical (unpaired) electrons. The Morgan fingerprint density at radius 3 is 2.39 bits per heavy atom. The zero-order valence-corrected chi connectivity index (χ0v) is 18.4. The van der Waals surface area contributed by atoms with E-state index in [0.29, 0.717) is 25.7 Å². The zero-order chi connectivity index (χ0) is 23.0. The van der Waals surface area contributed by atoms with Crippen molar-refractivity contribution in [3.63, 3.8) is 0 Å². The lowest BCUT2D eigenvalue weighted by atomic mass is 9.40. The molecule has 0 aliphatic heterocycles. The van der Waals surface area contributed by atoms with Crippen LogP contribution in [0.25, 0.3) is 0 Å². The summed E-state index contributed by atoms with van der Waals surface area (Å²) in [6, 6.07) is 0. The Balaban J connectivity index is 1.84. The highest BCUT2D eigenvalue weighted by Gasteiger charge is 2.71. The molecule has 7 nitrogen and oxygen atoms in total. The molecule has 0 aromatic carbocycles. The van der Waals surface area contributed by atoms with Gasteiger partial charge in [0.15, 0.2) is 5.78 Å². The van der Waals surface area contributed by atoms with Crippen molar-refractivity contribution in [1.82, 2.24) is 0 Å². The number of rotatable bonds is 4. The van der Waals surface area contributed by atoms with Crippen LogP contribution >= 0.6 is 0 Å². The van der Waals surface area contributed by atoms with Crippen molar-refractivity contribution in [2.75, 3.05) is 0 Å². The average molecular weight is 433 g/mol. The summed E-state index contributed by atoms with van der Waals surface area (Å²) in [4.78, 5) is 49.6. The number of carboxylic acid groups (broad SMARTS) is 2. The smallest absolute Gasteiger partial charge is 0.309 e. The maximum Gasteiger partial charge on any atom is 0.309 e. The first kappa shape index (κ1) is 22.2. The fourth-order valence-corrected chi connectivity index (χ4v) is 7.72. The Hall–Kier alpha value is -2.02. The molecule has 0 aromatic heterocycles. The highest BCUT2D eigenvalue weighted by molar-refractivity contribution is 5.94. The quantitative estimate of drug-likeness (QED) is 0.623. The molecule has 7 atom stereocenters. The average Bonchev–Trinajstić information content (AvgIpc) is 2.92. The van der Waals surface area contributed by atoms with Gasteiger partial charge in [0.25, 0.3) is 0 Å². The molecule has 4 aliphatic carbocycles. The number of carbonyl (C=O) groups excluding carboxylic acids is 2. The lowest BCUT2D eigenvalue weighted by molar-refractivity contribution is -0.186. The van der Waals surface area contributed by atoms with E-state index in [2.05, 4.69) is 0 Å². The Labute approximate surface area is 181 Å². The van der Waals surface area contributed by atoms with Gasteiger partial charge in [-0.15, -0.1) is 0 Å². The van der Waals surface area contributed by atoms with Gasteiger partial charge in [0.1, 0.15) is 5.78 Å². The maximum atomic E-state index is 13.7. The van der Waals surface area contributed by atoms with E-state index in [9.17, 15) is 29.4 Å². The minimum atomic E-state index is -1.31. The van der Waals surface area contributed by atoms with Gasteiger partial charge in [-0.2, -0.15) is 0 Å². The van der Waals surface area contributed by atoms with E-state index in [1.807, 2.05) is 13.8 Å². The molecule has 4 aliphatic rings. The lowest BCUT2D eigenvalue weighted by Gasteiger charge is -2.62. The van der Waals surface area contributed by atoms with Crippen LogP contribution < -0.4 is 0 Å². The maximum absolute atomic E-state index is 13.7. The second kappa shape index (κ2) is 6.74. The number of carboxylic acids is 2. The molecule has 0 amide bonds. The summed E-state index contributed by atoms with van der Waals surface area (Å²) in [6.07, 6.45) is 3.59. The molecule has 7 heteroatoms. The molecule has 0 heterocycles. The number of hydrogen-bond acceptors (Lipinski definition) is 5. The molecule has 3 saturated carbocycles. The van der Waals surface area contributed by atoms with Crippen LogP contribution in [-0.4, -0.2) is 44.4 Å². The third-order valence-electron chi connectivity index (χ3n) is 9.61. The van der Waals surface area contributed by atoms with Gasteiger partial charge in [-0.25, -0.2) is 0 Å². The van der Waals surface area contributed by atoms with Crippen LogP contribution in [0.2, 0.25) is 0 Å². The molecule has 0 aromatic rings. The van der Waals surface area contributed by atoms with Gasteiger partial charge in [-0.1, -0.05) is 19.4 Å². The van der Waals surface area contributed by atoms with E-state index in [1.54, 1.807) is 13.0 Å². The summed E-state index contributed by atoms with van der Waals surface area (Å²) in [5.74, 6) is -3.24. The van der Waals surface area contributed by atoms with Gasteiger partial charge in [0.2, 0.25) is 0 Å². The minimum Gasteiger partial charge on any atom is -0.481 e. The topological polar surface area (TPSA) is 129 Å². The molecule has 0 saturated heterocycles. The summed E-state index contributed by atoms with van der Waals surface area (Å²) in [5, 5.41) is 31.0. The predicted octanol–water partition coefficient (Wildman–Crippen LogP) is 2.99. The first-order chi connectivity index (χ1) is 14.3. The summed E-state index contributed by atoms with van der Waals surface area (Å²) >= 11 is 0. The van der Waals surface area contributed by atoms with Gasteiger partial charge in [0.05, 0.1) is 11.0 Å². The largest absolute Gasteiger partial charge is 0.481 e. The van der Waals surface area contributed by atoms with Crippen LogP contribution in [0.15, 0.2) is 11.6 Å². The van der Waals surface area contributed by atoms with E-state index >= 15 is 0 Å².